The number of nitrogens with zero attached hydrogens (tertiary/aromatic N) is 1. The minimum Gasteiger partial charge on any atom is -0.462 e. The minimum absolute atomic E-state index is 0.0657. The molecule has 0 aromatic heterocycles. The Hall–Kier alpha value is -1.39. The van der Waals surface area contributed by atoms with E-state index in [-0.39, 0.29) is 5.92 Å². The monoisotopic (exact) mass is 347 g/mol. The third-order valence-electron chi connectivity index (χ3n) is 5.50. The van der Waals surface area contributed by atoms with E-state index >= 15 is 0 Å². The highest BCUT2D eigenvalue weighted by atomic mass is 16.5. The van der Waals surface area contributed by atoms with Gasteiger partial charge in [-0.25, -0.2) is 4.79 Å². The first-order valence-corrected chi connectivity index (χ1v) is 9.71. The van der Waals surface area contributed by atoms with Crippen LogP contribution >= 0.6 is 0 Å². The van der Waals surface area contributed by atoms with E-state index in [1.54, 1.807) is 0 Å². The molecule has 1 fully saturated rings. The van der Waals surface area contributed by atoms with Gasteiger partial charge in [-0.05, 0) is 38.4 Å². The molecule has 1 aliphatic rings. The molecule has 1 aromatic rings. The van der Waals surface area contributed by atoms with Gasteiger partial charge in [0.05, 0.1) is 0 Å². The van der Waals surface area contributed by atoms with Crippen LogP contribution in [0.2, 0.25) is 0 Å². The highest BCUT2D eigenvalue weighted by Crippen LogP contribution is 2.40. The SMILES string of the molecule is CCN(CC)CCOC(=O)C(O)(c1cccc(C)c1)C1CCCCC1. The van der Waals surface area contributed by atoms with Crippen molar-refractivity contribution < 1.29 is 14.6 Å². The number of esters is 1. The standard InChI is InChI=1S/C21H33NO3/c1-4-22(5-2)14-15-25-20(23)21(24,18-11-7-6-8-12-18)19-13-9-10-17(3)16-19/h9-10,13,16,18,24H,4-8,11-12,14-15H2,1-3H3. The first-order valence-electron chi connectivity index (χ1n) is 9.71. The third kappa shape index (κ3) is 4.83. The molecule has 2 rings (SSSR count). The summed E-state index contributed by atoms with van der Waals surface area (Å²) in [7, 11) is 0. The molecule has 0 spiro atoms. The summed E-state index contributed by atoms with van der Waals surface area (Å²) in [6.07, 6.45) is 5.04. The Bertz CT molecular complexity index is 550. The molecule has 25 heavy (non-hydrogen) atoms. The quantitative estimate of drug-likeness (QED) is 0.729. The lowest BCUT2D eigenvalue weighted by atomic mass is 9.73. The lowest BCUT2D eigenvalue weighted by Gasteiger charge is -2.37. The number of benzene rings is 1. The Morgan fingerprint density at radius 1 is 1.24 bits per heavy atom. The Morgan fingerprint density at radius 2 is 1.92 bits per heavy atom. The van der Waals surface area contributed by atoms with Crippen LogP contribution in [-0.4, -0.2) is 42.2 Å². The van der Waals surface area contributed by atoms with Crippen molar-refractivity contribution in [1.82, 2.24) is 4.90 Å². The van der Waals surface area contributed by atoms with Crippen LogP contribution in [0.3, 0.4) is 0 Å². The van der Waals surface area contributed by atoms with E-state index in [9.17, 15) is 9.90 Å². The molecule has 1 aliphatic carbocycles. The summed E-state index contributed by atoms with van der Waals surface area (Å²) < 4.78 is 5.56. The molecule has 0 heterocycles. The fraction of sp³-hybridized carbons (Fsp3) is 0.667. The Labute approximate surface area is 152 Å². The predicted octanol–water partition coefficient (Wildman–Crippen LogP) is 3.65. The predicted molar refractivity (Wildman–Crippen MR) is 100 cm³/mol. The highest BCUT2D eigenvalue weighted by Gasteiger charge is 2.47. The number of carbonyl (C=O) groups excluding carboxylic acids is 1. The van der Waals surface area contributed by atoms with Gasteiger partial charge in [0.25, 0.3) is 0 Å². The van der Waals surface area contributed by atoms with E-state index in [0.717, 1.165) is 44.3 Å². The minimum atomic E-state index is -1.53. The molecular weight excluding hydrogens is 314 g/mol. The largest absolute Gasteiger partial charge is 0.462 e. The van der Waals surface area contributed by atoms with Crippen molar-refractivity contribution in [3.8, 4) is 0 Å². The van der Waals surface area contributed by atoms with E-state index in [0.29, 0.717) is 18.7 Å². The van der Waals surface area contributed by atoms with Gasteiger partial charge in [-0.2, -0.15) is 0 Å². The molecule has 4 nitrogen and oxygen atoms in total. The first kappa shape index (κ1) is 19.9. The number of likely N-dealkylation sites (N-methyl/N-ethyl adjacent to an activating group) is 1. The summed E-state index contributed by atoms with van der Waals surface area (Å²) in [4.78, 5) is 15.2. The summed E-state index contributed by atoms with van der Waals surface area (Å²) in [5.74, 6) is -0.554. The lowest BCUT2D eigenvalue weighted by Crippen LogP contribution is -2.46. The average molecular weight is 347 g/mol. The van der Waals surface area contributed by atoms with Gasteiger partial charge in [-0.15, -0.1) is 0 Å². The average Bonchev–Trinajstić information content (AvgIpc) is 2.65. The number of aryl methyl sites for hydroxylation is 1. The molecule has 140 valence electrons. The molecule has 0 bridgehead atoms. The van der Waals surface area contributed by atoms with Crippen LogP contribution in [0, 0.1) is 12.8 Å². The molecule has 1 aromatic carbocycles. The van der Waals surface area contributed by atoms with E-state index in [1.807, 2.05) is 31.2 Å². The van der Waals surface area contributed by atoms with Crippen LogP contribution < -0.4 is 0 Å². The second-order valence-electron chi connectivity index (χ2n) is 7.13. The lowest BCUT2D eigenvalue weighted by molar-refractivity contribution is -0.176. The van der Waals surface area contributed by atoms with Crippen molar-refractivity contribution in [1.29, 1.82) is 0 Å². The van der Waals surface area contributed by atoms with Crippen LogP contribution in [0.15, 0.2) is 24.3 Å². The summed E-state index contributed by atoms with van der Waals surface area (Å²) in [5, 5.41) is 11.5. The van der Waals surface area contributed by atoms with Crippen molar-refractivity contribution in [3.05, 3.63) is 35.4 Å². The van der Waals surface area contributed by atoms with Crippen LogP contribution in [0.5, 0.6) is 0 Å². The molecule has 1 unspecified atom stereocenters. The van der Waals surface area contributed by atoms with Crippen molar-refractivity contribution in [3.63, 3.8) is 0 Å². The highest BCUT2D eigenvalue weighted by molar-refractivity contribution is 5.81. The van der Waals surface area contributed by atoms with Gasteiger partial charge < -0.3 is 14.7 Å². The second kappa shape index (κ2) is 9.35. The molecule has 4 heteroatoms. The number of rotatable bonds is 8. The summed E-state index contributed by atoms with van der Waals surface area (Å²) in [6.45, 7) is 9.05. The molecule has 1 N–H and O–H groups in total. The zero-order valence-corrected chi connectivity index (χ0v) is 16.0. The molecule has 0 amide bonds. The van der Waals surface area contributed by atoms with Gasteiger partial charge >= 0.3 is 5.97 Å². The van der Waals surface area contributed by atoms with E-state index in [1.165, 1.54) is 6.42 Å². The molecule has 0 radical (unpaired) electrons. The maximum absolute atomic E-state index is 12.9. The number of carbonyl (C=O) groups is 1. The van der Waals surface area contributed by atoms with Gasteiger partial charge in [0.15, 0.2) is 5.60 Å². The van der Waals surface area contributed by atoms with Crippen molar-refractivity contribution >= 4 is 5.97 Å². The van der Waals surface area contributed by atoms with Gasteiger partial charge in [0.1, 0.15) is 6.61 Å². The topological polar surface area (TPSA) is 49.8 Å². The van der Waals surface area contributed by atoms with Gasteiger partial charge in [-0.3, -0.25) is 0 Å². The zero-order chi connectivity index (χ0) is 18.3. The Kier molecular flexibility index (Phi) is 7.45. The van der Waals surface area contributed by atoms with Crippen LogP contribution in [-0.2, 0) is 15.1 Å². The molecule has 1 saturated carbocycles. The Balaban J connectivity index is 2.17. The Morgan fingerprint density at radius 3 is 2.52 bits per heavy atom. The maximum Gasteiger partial charge on any atom is 0.343 e. The first-order chi connectivity index (χ1) is 12.0. The van der Waals surface area contributed by atoms with Crippen molar-refractivity contribution in [2.24, 2.45) is 5.92 Å². The maximum atomic E-state index is 12.9. The smallest absolute Gasteiger partial charge is 0.343 e. The van der Waals surface area contributed by atoms with E-state index in [4.69, 9.17) is 4.74 Å². The van der Waals surface area contributed by atoms with Gasteiger partial charge in [0, 0.05) is 12.5 Å². The fourth-order valence-electron chi connectivity index (χ4n) is 3.84. The number of ether oxygens (including phenoxy) is 1. The third-order valence-corrected chi connectivity index (χ3v) is 5.50. The molecule has 0 saturated heterocycles. The zero-order valence-electron chi connectivity index (χ0n) is 16.0. The number of hydrogen-bond donors (Lipinski definition) is 1. The second-order valence-corrected chi connectivity index (χ2v) is 7.13. The van der Waals surface area contributed by atoms with Crippen molar-refractivity contribution in [2.45, 2.75) is 58.5 Å². The van der Waals surface area contributed by atoms with E-state index in [2.05, 4.69) is 18.7 Å². The molecule has 0 aliphatic heterocycles. The summed E-state index contributed by atoms with van der Waals surface area (Å²) in [6, 6.07) is 7.66. The van der Waals surface area contributed by atoms with Crippen LogP contribution in [0.25, 0.3) is 0 Å². The number of hydrogen-bond acceptors (Lipinski definition) is 4. The van der Waals surface area contributed by atoms with Crippen LogP contribution in [0.1, 0.15) is 57.1 Å². The van der Waals surface area contributed by atoms with Gasteiger partial charge in [-0.1, -0.05) is 62.9 Å². The summed E-state index contributed by atoms with van der Waals surface area (Å²) in [5.41, 5.74) is 0.185. The molecular formula is C21H33NO3. The van der Waals surface area contributed by atoms with Crippen molar-refractivity contribution in [2.75, 3.05) is 26.2 Å². The normalized spacial score (nSPS) is 18.1. The van der Waals surface area contributed by atoms with Gasteiger partial charge in [0.2, 0.25) is 0 Å². The summed E-state index contributed by atoms with van der Waals surface area (Å²) >= 11 is 0. The fourth-order valence-corrected chi connectivity index (χ4v) is 3.84. The number of aliphatic hydroxyl groups is 1. The molecule has 1 atom stereocenters. The van der Waals surface area contributed by atoms with Crippen LogP contribution in [0.4, 0.5) is 0 Å². The van der Waals surface area contributed by atoms with E-state index < -0.39 is 11.6 Å².